The van der Waals surface area contributed by atoms with Gasteiger partial charge in [0.15, 0.2) is 0 Å². The zero-order valence-electron chi connectivity index (χ0n) is 12.6. The molecule has 0 bridgehead atoms. The molecule has 1 aliphatic heterocycles. The van der Waals surface area contributed by atoms with Gasteiger partial charge in [0, 0.05) is 37.1 Å². The van der Waals surface area contributed by atoms with Gasteiger partial charge in [-0.05, 0) is 19.9 Å². The number of amides is 1. The number of likely N-dealkylation sites (tertiary alicyclic amines) is 1. The smallest absolute Gasteiger partial charge is 0.291 e. The molecule has 0 radical (unpaired) electrons. The quantitative estimate of drug-likeness (QED) is 0.846. The van der Waals surface area contributed by atoms with Crippen LogP contribution in [0.2, 0.25) is 0 Å². The van der Waals surface area contributed by atoms with E-state index in [1.165, 1.54) is 0 Å². The van der Waals surface area contributed by atoms with E-state index in [2.05, 4.69) is 19.9 Å². The highest BCUT2D eigenvalue weighted by Gasteiger charge is 2.29. The second kappa shape index (κ2) is 6.05. The molecular weight excluding hydrogens is 282 g/mol. The Labute approximate surface area is 128 Å². The molecule has 7 heteroatoms. The van der Waals surface area contributed by atoms with Gasteiger partial charge in [0.05, 0.1) is 6.54 Å². The molecule has 0 aliphatic carbocycles. The summed E-state index contributed by atoms with van der Waals surface area (Å²) in [5.41, 5.74) is 0.867. The highest BCUT2D eigenvalue weighted by molar-refractivity contribution is 5.90. The highest BCUT2D eigenvalue weighted by atomic mass is 16.5. The third-order valence-electron chi connectivity index (χ3n) is 3.42. The summed E-state index contributed by atoms with van der Waals surface area (Å²) in [4.78, 5) is 30.4. The number of hydrogen-bond donors (Lipinski definition) is 0. The van der Waals surface area contributed by atoms with Crippen molar-refractivity contribution in [2.45, 2.75) is 26.4 Å². The van der Waals surface area contributed by atoms with Gasteiger partial charge in [0.1, 0.15) is 11.9 Å². The lowest BCUT2D eigenvalue weighted by Gasteiger charge is -2.16. The van der Waals surface area contributed by atoms with Crippen molar-refractivity contribution in [3.63, 3.8) is 0 Å². The van der Waals surface area contributed by atoms with Crippen LogP contribution in [0.5, 0.6) is 5.88 Å². The second-order valence-corrected chi connectivity index (χ2v) is 5.25. The molecule has 1 fully saturated rings. The first kappa shape index (κ1) is 14.4. The van der Waals surface area contributed by atoms with Crippen LogP contribution in [0.1, 0.15) is 28.6 Å². The zero-order valence-corrected chi connectivity index (χ0v) is 12.6. The van der Waals surface area contributed by atoms with Gasteiger partial charge in [-0.3, -0.25) is 4.79 Å². The van der Waals surface area contributed by atoms with E-state index in [1.807, 2.05) is 13.8 Å². The Kier molecular flexibility index (Phi) is 3.95. The van der Waals surface area contributed by atoms with E-state index in [0.29, 0.717) is 24.8 Å². The number of carbonyl (C=O) groups excluding carboxylic acids is 1. The summed E-state index contributed by atoms with van der Waals surface area (Å²) < 4.78 is 5.87. The molecular formula is C15H17N5O2. The van der Waals surface area contributed by atoms with Gasteiger partial charge in [-0.15, -0.1) is 0 Å². The van der Waals surface area contributed by atoms with E-state index in [-0.39, 0.29) is 17.8 Å². The van der Waals surface area contributed by atoms with Gasteiger partial charge in [-0.2, -0.15) is 4.98 Å². The number of carbonyl (C=O) groups is 1. The lowest BCUT2D eigenvalue weighted by atomic mass is 10.3. The number of aromatic nitrogens is 4. The predicted molar refractivity (Wildman–Crippen MR) is 78.5 cm³/mol. The molecule has 3 rings (SSSR count). The molecule has 2 aromatic rings. The molecule has 1 saturated heterocycles. The Morgan fingerprint density at radius 3 is 2.77 bits per heavy atom. The topological polar surface area (TPSA) is 81.1 Å². The summed E-state index contributed by atoms with van der Waals surface area (Å²) in [7, 11) is 0. The molecule has 1 amide bonds. The fourth-order valence-corrected chi connectivity index (χ4v) is 2.47. The maximum Gasteiger partial charge on any atom is 0.291 e. The van der Waals surface area contributed by atoms with Crippen LogP contribution in [-0.2, 0) is 0 Å². The van der Waals surface area contributed by atoms with Crippen LogP contribution < -0.4 is 4.74 Å². The molecule has 1 unspecified atom stereocenters. The maximum atomic E-state index is 12.3. The molecule has 3 heterocycles. The monoisotopic (exact) mass is 299 g/mol. The average molecular weight is 299 g/mol. The number of ether oxygens (including phenoxy) is 1. The minimum Gasteiger partial charge on any atom is -0.472 e. The van der Waals surface area contributed by atoms with Crippen molar-refractivity contribution in [2.24, 2.45) is 0 Å². The average Bonchev–Trinajstić information content (AvgIpc) is 2.95. The second-order valence-electron chi connectivity index (χ2n) is 5.25. The summed E-state index contributed by atoms with van der Waals surface area (Å²) in [6, 6.07) is 3.49. The molecule has 22 heavy (non-hydrogen) atoms. The summed E-state index contributed by atoms with van der Waals surface area (Å²) in [6.45, 7) is 4.87. The maximum absolute atomic E-state index is 12.3. The van der Waals surface area contributed by atoms with Crippen LogP contribution in [0, 0.1) is 13.8 Å². The first-order valence-electron chi connectivity index (χ1n) is 7.17. The number of aryl methyl sites for hydroxylation is 2. The third kappa shape index (κ3) is 3.19. The van der Waals surface area contributed by atoms with Crippen LogP contribution in [0.25, 0.3) is 0 Å². The first-order chi connectivity index (χ1) is 10.6. The largest absolute Gasteiger partial charge is 0.472 e. The van der Waals surface area contributed by atoms with Crippen molar-refractivity contribution in [3.05, 3.63) is 41.9 Å². The summed E-state index contributed by atoms with van der Waals surface area (Å²) in [5.74, 6) is 1.29. The van der Waals surface area contributed by atoms with E-state index >= 15 is 0 Å². The van der Waals surface area contributed by atoms with Crippen LogP contribution >= 0.6 is 0 Å². The number of nitrogens with zero attached hydrogens (tertiary/aromatic N) is 5. The highest BCUT2D eigenvalue weighted by Crippen LogP contribution is 2.18. The molecule has 1 aliphatic rings. The SMILES string of the molecule is Cc1cc(OC2CCN(C(=O)c3ncccn3)C2)nc(C)n1. The van der Waals surface area contributed by atoms with E-state index in [9.17, 15) is 4.79 Å². The minimum absolute atomic E-state index is 0.0682. The standard InChI is InChI=1S/C15H17N5O2/c1-10-8-13(19-11(2)18-10)22-12-4-7-20(9-12)15(21)14-16-5-3-6-17-14/h3,5-6,8,12H,4,7,9H2,1-2H3. The normalized spacial score (nSPS) is 17.5. The Hall–Kier alpha value is -2.57. The van der Waals surface area contributed by atoms with Crippen LogP contribution in [0.4, 0.5) is 0 Å². The summed E-state index contributed by atoms with van der Waals surface area (Å²) >= 11 is 0. The van der Waals surface area contributed by atoms with Gasteiger partial charge in [0.2, 0.25) is 11.7 Å². The van der Waals surface area contributed by atoms with Crippen LogP contribution in [-0.4, -0.2) is 49.9 Å². The molecule has 0 saturated carbocycles. The molecule has 0 spiro atoms. The van der Waals surface area contributed by atoms with E-state index in [4.69, 9.17) is 4.74 Å². The minimum atomic E-state index is -0.165. The third-order valence-corrected chi connectivity index (χ3v) is 3.42. The zero-order chi connectivity index (χ0) is 15.5. The van der Waals surface area contributed by atoms with Crippen LogP contribution in [0.15, 0.2) is 24.5 Å². The first-order valence-corrected chi connectivity index (χ1v) is 7.17. The van der Waals surface area contributed by atoms with E-state index < -0.39 is 0 Å². The Morgan fingerprint density at radius 2 is 2.05 bits per heavy atom. The van der Waals surface area contributed by atoms with Gasteiger partial charge in [-0.1, -0.05) is 0 Å². The van der Waals surface area contributed by atoms with Crippen molar-refractivity contribution >= 4 is 5.91 Å². The number of hydrogen-bond acceptors (Lipinski definition) is 6. The summed E-state index contributed by atoms with van der Waals surface area (Å²) in [5, 5.41) is 0. The lowest BCUT2D eigenvalue weighted by molar-refractivity contribution is 0.0759. The lowest BCUT2D eigenvalue weighted by Crippen LogP contribution is -2.32. The van der Waals surface area contributed by atoms with Gasteiger partial charge in [-0.25, -0.2) is 15.0 Å². The molecule has 114 valence electrons. The fourth-order valence-electron chi connectivity index (χ4n) is 2.47. The van der Waals surface area contributed by atoms with Crippen molar-refractivity contribution < 1.29 is 9.53 Å². The predicted octanol–water partition coefficient (Wildman–Crippen LogP) is 1.18. The molecule has 2 aromatic heterocycles. The van der Waals surface area contributed by atoms with Crippen molar-refractivity contribution in [3.8, 4) is 5.88 Å². The molecule has 7 nitrogen and oxygen atoms in total. The van der Waals surface area contributed by atoms with Crippen molar-refractivity contribution in [1.29, 1.82) is 0 Å². The Balaban J connectivity index is 1.64. The molecule has 1 atom stereocenters. The summed E-state index contributed by atoms with van der Waals surface area (Å²) in [6.07, 6.45) is 3.83. The van der Waals surface area contributed by atoms with E-state index in [0.717, 1.165) is 12.1 Å². The van der Waals surface area contributed by atoms with Gasteiger partial charge in [0.25, 0.3) is 5.91 Å². The van der Waals surface area contributed by atoms with Gasteiger partial charge >= 0.3 is 0 Å². The van der Waals surface area contributed by atoms with Crippen molar-refractivity contribution in [1.82, 2.24) is 24.8 Å². The van der Waals surface area contributed by atoms with E-state index in [1.54, 1.807) is 29.4 Å². The molecule has 0 aromatic carbocycles. The Bertz CT molecular complexity index is 657. The van der Waals surface area contributed by atoms with Crippen molar-refractivity contribution in [2.75, 3.05) is 13.1 Å². The van der Waals surface area contributed by atoms with Crippen LogP contribution in [0.3, 0.4) is 0 Å². The number of rotatable bonds is 3. The fraction of sp³-hybridized carbons (Fsp3) is 0.400. The van der Waals surface area contributed by atoms with Gasteiger partial charge < -0.3 is 9.64 Å². The molecule has 0 N–H and O–H groups in total. The Morgan fingerprint density at radius 1 is 1.27 bits per heavy atom.